The summed E-state index contributed by atoms with van der Waals surface area (Å²) in [5, 5.41) is 8.91. The van der Waals surface area contributed by atoms with Crippen molar-refractivity contribution in [2.75, 3.05) is 7.05 Å². The SMILES string of the molecule is CC(C)NS(=O)(=O)c1ccc(C(=O)N(C)Cc2ccc(C(=O)O)cc2)cc1. The van der Waals surface area contributed by atoms with Gasteiger partial charge in [0.1, 0.15) is 0 Å². The van der Waals surface area contributed by atoms with Crippen molar-refractivity contribution in [2.24, 2.45) is 0 Å². The Morgan fingerprint density at radius 2 is 1.52 bits per heavy atom. The highest BCUT2D eigenvalue weighted by Crippen LogP contribution is 2.14. The van der Waals surface area contributed by atoms with Gasteiger partial charge in [-0.3, -0.25) is 4.79 Å². The molecule has 7 nitrogen and oxygen atoms in total. The van der Waals surface area contributed by atoms with Gasteiger partial charge in [0.25, 0.3) is 5.91 Å². The van der Waals surface area contributed by atoms with Crippen LogP contribution in [0, 0.1) is 0 Å². The van der Waals surface area contributed by atoms with Crippen LogP contribution in [0.15, 0.2) is 53.4 Å². The lowest BCUT2D eigenvalue weighted by Crippen LogP contribution is -2.30. The zero-order chi connectivity index (χ0) is 20.2. The Bertz CT molecular complexity index is 920. The molecule has 2 N–H and O–H groups in total. The molecule has 0 heterocycles. The molecule has 27 heavy (non-hydrogen) atoms. The highest BCUT2D eigenvalue weighted by atomic mass is 32.2. The highest BCUT2D eigenvalue weighted by Gasteiger charge is 2.17. The average molecular weight is 390 g/mol. The Hall–Kier alpha value is -2.71. The molecule has 0 unspecified atom stereocenters. The van der Waals surface area contributed by atoms with E-state index in [0.717, 1.165) is 5.56 Å². The molecular weight excluding hydrogens is 368 g/mol. The van der Waals surface area contributed by atoms with Crippen molar-refractivity contribution in [1.29, 1.82) is 0 Å². The molecule has 2 aromatic carbocycles. The van der Waals surface area contributed by atoms with Gasteiger partial charge < -0.3 is 10.0 Å². The molecular formula is C19H22N2O5S. The van der Waals surface area contributed by atoms with Crippen molar-refractivity contribution in [3.05, 3.63) is 65.2 Å². The molecule has 0 aliphatic heterocycles. The Balaban J connectivity index is 2.09. The maximum absolute atomic E-state index is 12.5. The molecule has 0 saturated heterocycles. The summed E-state index contributed by atoms with van der Waals surface area (Å²) in [6, 6.07) is 11.8. The number of carbonyl (C=O) groups is 2. The van der Waals surface area contributed by atoms with Crippen molar-refractivity contribution in [2.45, 2.75) is 31.3 Å². The van der Waals surface area contributed by atoms with Crippen molar-refractivity contribution < 1.29 is 23.1 Å². The molecule has 0 saturated carbocycles. The van der Waals surface area contributed by atoms with E-state index in [1.165, 1.54) is 41.3 Å². The molecule has 2 rings (SSSR count). The van der Waals surface area contributed by atoms with E-state index >= 15 is 0 Å². The fraction of sp³-hybridized carbons (Fsp3) is 0.263. The number of carboxylic acid groups (broad SMARTS) is 1. The van der Waals surface area contributed by atoms with Crippen LogP contribution in [0.25, 0.3) is 0 Å². The number of benzene rings is 2. The smallest absolute Gasteiger partial charge is 0.335 e. The largest absolute Gasteiger partial charge is 0.478 e. The van der Waals surface area contributed by atoms with Gasteiger partial charge in [-0.1, -0.05) is 12.1 Å². The van der Waals surface area contributed by atoms with Crippen LogP contribution in [-0.2, 0) is 16.6 Å². The number of hydrogen-bond donors (Lipinski definition) is 2. The molecule has 0 spiro atoms. The van der Waals surface area contributed by atoms with E-state index in [1.807, 2.05) is 0 Å². The van der Waals surface area contributed by atoms with Gasteiger partial charge >= 0.3 is 5.97 Å². The quantitative estimate of drug-likeness (QED) is 0.755. The fourth-order valence-corrected chi connectivity index (χ4v) is 3.72. The lowest BCUT2D eigenvalue weighted by Gasteiger charge is -2.18. The summed E-state index contributed by atoms with van der Waals surface area (Å²) >= 11 is 0. The summed E-state index contributed by atoms with van der Waals surface area (Å²) in [6.07, 6.45) is 0. The standard InChI is InChI=1S/C19H22N2O5S/c1-13(2)20-27(25,26)17-10-8-15(9-11-17)18(22)21(3)12-14-4-6-16(7-5-14)19(23)24/h4-11,13,20H,12H2,1-3H3,(H,23,24). The molecule has 0 fully saturated rings. The zero-order valence-electron chi connectivity index (χ0n) is 15.3. The molecule has 0 aliphatic carbocycles. The monoisotopic (exact) mass is 390 g/mol. The summed E-state index contributed by atoms with van der Waals surface area (Å²) in [5.41, 5.74) is 1.33. The zero-order valence-corrected chi connectivity index (χ0v) is 16.2. The number of hydrogen-bond acceptors (Lipinski definition) is 4. The predicted octanol–water partition coefficient (Wildman–Crippen LogP) is 2.34. The average Bonchev–Trinajstić information content (AvgIpc) is 2.60. The molecule has 0 aromatic heterocycles. The van der Waals surface area contributed by atoms with E-state index in [-0.39, 0.29) is 22.4 Å². The van der Waals surface area contributed by atoms with Crippen LogP contribution in [0.3, 0.4) is 0 Å². The summed E-state index contributed by atoms with van der Waals surface area (Å²) in [7, 11) is -1.98. The summed E-state index contributed by atoms with van der Waals surface area (Å²) in [6.45, 7) is 3.76. The number of nitrogens with one attached hydrogen (secondary N) is 1. The summed E-state index contributed by atoms with van der Waals surface area (Å²) < 4.78 is 26.7. The third-order valence-corrected chi connectivity index (χ3v) is 5.44. The molecule has 0 bridgehead atoms. The number of amides is 1. The Morgan fingerprint density at radius 3 is 2.00 bits per heavy atom. The van der Waals surface area contributed by atoms with E-state index < -0.39 is 16.0 Å². The first-order valence-corrected chi connectivity index (χ1v) is 9.78. The molecule has 1 amide bonds. The van der Waals surface area contributed by atoms with Crippen molar-refractivity contribution >= 4 is 21.9 Å². The van der Waals surface area contributed by atoms with Crippen LogP contribution < -0.4 is 4.72 Å². The molecule has 144 valence electrons. The molecule has 0 aliphatic rings. The highest BCUT2D eigenvalue weighted by molar-refractivity contribution is 7.89. The maximum atomic E-state index is 12.5. The lowest BCUT2D eigenvalue weighted by atomic mass is 10.1. The third kappa shape index (κ3) is 5.38. The second-order valence-corrected chi connectivity index (χ2v) is 8.18. The van der Waals surface area contributed by atoms with Crippen LogP contribution in [0.2, 0.25) is 0 Å². The summed E-state index contributed by atoms with van der Waals surface area (Å²) in [5.74, 6) is -1.27. The Kier molecular flexibility index (Phi) is 6.35. The van der Waals surface area contributed by atoms with E-state index in [9.17, 15) is 18.0 Å². The number of rotatable bonds is 7. The minimum absolute atomic E-state index is 0.0969. The number of sulfonamides is 1. The van der Waals surface area contributed by atoms with Gasteiger partial charge in [0, 0.05) is 25.2 Å². The number of nitrogens with zero attached hydrogens (tertiary/aromatic N) is 1. The number of carbonyl (C=O) groups excluding carboxylic acids is 1. The molecule has 0 atom stereocenters. The lowest BCUT2D eigenvalue weighted by molar-refractivity contribution is 0.0695. The fourth-order valence-electron chi connectivity index (χ4n) is 2.47. The minimum Gasteiger partial charge on any atom is -0.478 e. The Morgan fingerprint density at radius 1 is 1.00 bits per heavy atom. The van der Waals surface area contributed by atoms with Gasteiger partial charge in [-0.15, -0.1) is 0 Å². The Labute approximate surface area is 158 Å². The first-order chi connectivity index (χ1) is 12.6. The number of carboxylic acids is 1. The first-order valence-electron chi connectivity index (χ1n) is 8.30. The van der Waals surface area contributed by atoms with Crippen LogP contribution in [0.5, 0.6) is 0 Å². The third-order valence-electron chi connectivity index (χ3n) is 3.77. The second kappa shape index (κ2) is 8.32. The van der Waals surface area contributed by atoms with E-state index in [4.69, 9.17) is 5.11 Å². The minimum atomic E-state index is -3.60. The van der Waals surface area contributed by atoms with Gasteiger partial charge in [0.15, 0.2) is 0 Å². The van der Waals surface area contributed by atoms with E-state index in [0.29, 0.717) is 12.1 Å². The normalized spacial score (nSPS) is 11.4. The van der Waals surface area contributed by atoms with Crippen LogP contribution >= 0.6 is 0 Å². The topological polar surface area (TPSA) is 104 Å². The van der Waals surface area contributed by atoms with Gasteiger partial charge in [0.05, 0.1) is 10.5 Å². The van der Waals surface area contributed by atoms with Crippen LogP contribution in [0.1, 0.15) is 40.1 Å². The van der Waals surface area contributed by atoms with Gasteiger partial charge in [0.2, 0.25) is 10.0 Å². The molecule has 0 radical (unpaired) electrons. The second-order valence-electron chi connectivity index (χ2n) is 6.46. The van der Waals surface area contributed by atoms with Gasteiger partial charge in [-0.25, -0.2) is 17.9 Å². The van der Waals surface area contributed by atoms with Gasteiger partial charge in [-0.2, -0.15) is 0 Å². The number of aromatic carboxylic acids is 1. The van der Waals surface area contributed by atoms with Crippen molar-refractivity contribution in [3.8, 4) is 0 Å². The van der Waals surface area contributed by atoms with Gasteiger partial charge in [-0.05, 0) is 55.8 Å². The molecule has 8 heteroatoms. The van der Waals surface area contributed by atoms with Crippen LogP contribution in [-0.4, -0.2) is 43.4 Å². The van der Waals surface area contributed by atoms with Crippen molar-refractivity contribution in [1.82, 2.24) is 9.62 Å². The first kappa shape index (κ1) is 20.6. The van der Waals surface area contributed by atoms with E-state index in [1.54, 1.807) is 33.0 Å². The molecule has 2 aromatic rings. The van der Waals surface area contributed by atoms with E-state index in [2.05, 4.69) is 4.72 Å². The summed E-state index contributed by atoms with van der Waals surface area (Å²) in [4.78, 5) is 25.0. The predicted molar refractivity (Wildman–Crippen MR) is 101 cm³/mol. The van der Waals surface area contributed by atoms with Crippen LogP contribution in [0.4, 0.5) is 0 Å². The van der Waals surface area contributed by atoms with Crippen molar-refractivity contribution in [3.63, 3.8) is 0 Å². The maximum Gasteiger partial charge on any atom is 0.335 e.